The lowest BCUT2D eigenvalue weighted by atomic mass is 10.1. The summed E-state index contributed by atoms with van der Waals surface area (Å²) in [6.45, 7) is 0. The van der Waals surface area contributed by atoms with Crippen molar-refractivity contribution in [2.75, 3.05) is 0 Å². The average molecular weight is 519 g/mol. The number of allylic oxidation sites excluding steroid dienone is 5. The Balaban J connectivity index is 1.57. The van der Waals surface area contributed by atoms with Gasteiger partial charge in [0, 0.05) is 11.1 Å². The summed E-state index contributed by atoms with van der Waals surface area (Å²) in [5.41, 5.74) is 0.275. The number of hydrogen-bond acceptors (Lipinski definition) is 7. The first-order valence-electron chi connectivity index (χ1n) is 10.7. The zero-order chi connectivity index (χ0) is 25.5. The Hall–Kier alpha value is -4.21. The molecule has 1 N–H and O–H groups in total. The standard InChI is InChI=1S/C27H18O7S2/c28-26-20-10-4-6-12-22(20)35(30,31)24(26)16-14-19(34-18-8-2-1-3-9-18)15-17-25-27(29)21-11-5-7-13-23(21)36(25,32)33/h1-17,28H. The largest absolute Gasteiger partial charge is 0.506 e. The number of para-hydroxylation sites is 1. The summed E-state index contributed by atoms with van der Waals surface area (Å²) in [5, 5.41) is 10.5. The van der Waals surface area contributed by atoms with Gasteiger partial charge < -0.3 is 9.84 Å². The number of rotatable bonds is 5. The number of sulfone groups is 2. The third-order valence-electron chi connectivity index (χ3n) is 5.67. The lowest BCUT2D eigenvalue weighted by Gasteiger charge is -2.06. The average Bonchev–Trinajstić information content (AvgIpc) is 3.19. The van der Waals surface area contributed by atoms with Crippen LogP contribution in [0.15, 0.2) is 129 Å². The Morgan fingerprint density at radius 1 is 0.750 bits per heavy atom. The first kappa shape index (κ1) is 23.5. The van der Waals surface area contributed by atoms with Crippen molar-refractivity contribution in [3.05, 3.63) is 130 Å². The van der Waals surface area contributed by atoms with E-state index in [1.807, 2.05) is 0 Å². The van der Waals surface area contributed by atoms with Gasteiger partial charge in [0.25, 0.3) is 0 Å². The fourth-order valence-corrected chi connectivity index (χ4v) is 7.04. The van der Waals surface area contributed by atoms with Crippen LogP contribution >= 0.6 is 0 Å². The number of benzene rings is 3. The summed E-state index contributed by atoms with van der Waals surface area (Å²) in [7, 11) is -7.98. The van der Waals surface area contributed by atoms with Gasteiger partial charge in [-0.25, -0.2) is 16.8 Å². The topological polar surface area (TPSA) is 115 Å². The molecule has 36 heavy (non-hydrogen) atoms. The molecule has 0 unspecified atom stereocenters. The van der Waals surface area contributed by atoms with E-state index in [0.717, 1.165) is 6.08 Å². The van der Waals surface area contributed by atoms with Gasteiger partial charge in [-0.1, -0.05) is 42.5 Å². The van der Waals surface area contributed by atoms with E-state index in [0.29, 0.717) is 5.75 Å². The third kappa shape index (κ3) is 3.88. The second-order valence-corrected chi connectivity index (χ2v) is 11.7. The number of ketones is 1. The SMILES string of the molecule is O=C1C(=CC=C(C=CC2=C(O)c3ccccc3S2(=O)=O)Oc2ccccc2)S(=O)(=O)c2ccccc21. The predicted molar refractivity (Wildman–Crippen MR) is 134 cm³/mol. The highest BCUT2D eigenvalue weighted by Crippen LogP contribution is 2.38. The van der Waals surface area contributed by atoms with Crippen molar-refractivity contribution in [2.24, 2.45) is 0 Å². The van der Waals surface area contributed by atoms with Crippen LogP contribution in [0.5, 0.6) is 5.75 Å². The molecule has 9 heteroatoms. The molecule has 0 radical (unpaired) electrons. The number of aliphatic hydroxyl groups is 1. The van der Waals surface area contributed by atoms with Gasteiger partial charge >= 0.3 is 0 Å². The molecule has 0 fully saturated rings. The predicted octanol–water partition coefficient (Wildman–Crippen LogP) is 4.77. The van der Waals surface area contributed by atoms with Crippen LogP contribution in [-0.2, 0) is 19.7 Å². The Morgan fingerprint density at radius 3 is 1.97 bits per heavy atom. The molecular formula is C27H18O7S2. The minimum Gasteiger partial charge on any atom is -0.506 e. The van der Waals surface area contributed by atoms with Gasteiger partial charge in [-0.05, 0) is 60.7 Å². The molecule has 2 aliphatic heterocycles. The molecule has 5 rings (SSSR count). The molecule has 0 saturated heterocycles. The molecule has 0 aromatic heterocycles. The smallest absolute Gasteiger partial charge is 0.211 e. The van der Waals surface area contributed by atoms with Crippen molar-refractivity contribution in [1.29, 1.82) is 0 Å². The van der Waals surface area contributed by atoms with Crippen molar-refractivity contribution in [3.63, 3.8) is 0 Å². The number of fused-ring (bicyclic) bond motifs is 2. The molecule has 0 atom stereocenters. The number of Topliss-reactive ketones (excluding diaryl/α,β-unsaturated/α-hetero) is 1. The van der Waals surface area contributed by atoms with E-state index in [2.05, 4.69) is 0 Å². The molecule has 3 aromatic carbocycles. The highest BCUT2D eigenvalue weighted by atomic mass is 32.2. The lowest BCUT2D eigenvalue weighted by Crippen LogP contribution is -2.02. The maximum Gasteiger partial charge on any atom is 0.211 e. The number of hydrogen-bond donors (Lipinski definition) is 1. The van der Waals surface area contributed by atoms with E-state index >= 15 is 0 Å². The van der Waals surface area contributed by atoms with Crippen molar-refractivity contribution < 1.29 is 31.5 Å². The number of carbonyl (C=O) groups excluding carboxylic acids is 1. The zero-order valence-corrected chi connectivity index (χ0v) is 20.2. The van der Waals surface area contributed by atoms with Crippen LogP contribution in [0, 0.1) is 0 Å². The van der Waals surface area contributed by atoms with Gasteiger partial charge in [-0.3, -0.25) is 4.79 Å². The molecule has 2 aliphatic rings. The summed E-state index contributed by atoms with van der Waals surface area (Å²) in [5.74, 6) is -0.604. The zero-order valence-electron chi connectivity index (χ0n) is 18.5. The Labute approximate surface area is 207 Å². The minimum absolute atomic E-state index is 0.0146. The first-order chi connectivity index (χ1) is 17.2. The molecule has 2 heterocycles. The van der Waals surface area contributed by atoms with Crippen LogP contribution in [0.2, 0.25) is 0 Å². The van der Waals surface area contributed by atoms with Gasteiger partial charge in [0.05, 0.1) is 9.79 Å². The normalized spacial score (nSPS) is 19.1. The van der Waals surface area contributed by atoms with Gasteiger partial charge in [0.15, 0.2) is 0 Å². The fourth-order valence-electron chi connectivity index (χ4n) is 3.93. The highest BCUT2D eigenvalue weighted by molar-refractivity contribution is 7.97. The van der Waals surface area contributed by atoms with Crippen LogP contribution in [-0.4, -0.2) is 27.7 Å². The summed E-state index contributed by atoms with van der Waals surface area (Å²) in [6, 6.07) is 20.5. The van der Waals surface area contributed by atoms with E-state index in [4.69, 9.17) is 4.74 Å². The van der Waals surface area contributed by atoms with Crippen molar-refractivity contribution in [2.45, 2.75) is 9.79 Å². The number of ether oxygens (including phenoxy) is 1. The molecule has 0 saturated carbocycles. The van der Waals surface area contributed by atoms with E-state index in [1.165, 1.54) is 48.6 Å². The molecule has 0 aliphatic carbocycles. The van der Waals surface area contributed by atoms with Gasteiger partial charge in [0.1, 0.15) is 27.1 Å². The van der Waals surface area contributed by atoms with E-state index < -0.39 is 36.1 Å². The molecule has 3 aromatic rings. The first-order valence-corrected chi connectivity index (χ1v) is 13.7. The van der Waals surface area contributed by atoms with Crippen molar-refractivity contribution in [3.8, 4) is 5.75 Å². The van der Waals surface area contributed by atoms with Crippen molar-refractivity contribution in [1.82, 2.24) is 0 Å². The van der Waals surface area contributed by atoms with Crippen LogP contribution in [0.4, 0.5) is 0 Å². The third-order valence-corrected chi connectivity index (χ3v) is 9.34. The van der Waals surface area contributed by atoms with Gasteiger partial charge in [-0.15, -0.1) is 0 Å². The number of aliphatic hydroxyl groups excluding tert-OH is 1. The number of carbonyl (C=O) groups is 1. The molecule has 7 nitrogen and oxygen atoms in total. The van der Waals surface area contributed by atoms with Crippen molar-refractivity contribution >= 4 is 31.2 Å². The lowest BCUT2D eigenvalue weighted by molar-refractivity contribution is 0.104. The van der Waals surface area contributed by atoms with E-state index in [-0.39, 0.29) is 31.6 Å². The Morgan fingerprint density at radius 2 is 1.33 bits per heavy atom. The molecule has 0 amide bonds. The van der Waals surface area contributed by atoms with Gasteiger partial charge in [0.2, 0.25) is 25.5 Å². The maximum atomic E-state index is 12.9. The highest BCUT2D eigenvalue weighted by Gasteiger charge is 2.38. The van der Waals surface area contributed by atoms with Crippen LogP contribution in [0.3, 0.4) is 0 Å². The monoisotopic (exact) mass is 518 g/mol. The minimum atomic E-state index is -4.02. The van der Waals surface area contributed by atoms with E-state index in [1.54, 1.807) is 48.5 Å². The summed E-state index contributed by atoms with van der Waals surface area (Å²) in [4.78, 5) is 11.9. The molecule has 0 bridgehead atoms. The summed E-state index contributed by atoms with van der Waals surface area (Å²) >= 11 is 0. The second-order valence-electron chi connectivity index (χ2n) is 7.89. The fraction of sp³-hybridized carbons (Fsp3) is 0. The maximum absolute atomic E-state index is 12.9. The molecular weight excluding hydrogens is 500 g/mol. The summed E-state index contributed by atoms with van der Waals surface area (Å²) in [6.07, 6.45) is 4.87. The quantitative estimate of drug-likeness (QED) is 0.294. The van der Waals surface area contributed by atoms with Gasteiger partial charge in [-0.2, -0.15) is 0 Å². The summed E-state index contributed by atoms with van der Waals surface area (Å²) < 4.78 is 57.4. The Bertz CT molecular complexity index is 1740. The van der Waals surface area contributed by atoms with E-state index in [9.17, 15) is 26.7 Å². The molecule has 0 spiro atoms. The van der Waals surface area contributed by atoms with Crippen LogP contribution < -0.4 is 4.74 Å². The molecule has 180 valence electrons. The second kappa shape index (κ2) is 8.78. The Kier molecular flexibility index (Phi) is 5.74. The van der Waals surface area contributed by atoms with Crippen LogP contribution in [0.1, 0.15) is 15.9 Å². The van der Waals surface area contributed by atoms with Crippen LogP contribution in [0.25, 0.3) is 5.76 Å².